The number of carbonyl (C=O) groups is 5. The zero-order valence-corrected chi connectivity index (χ0v) is 23.9. The number of rotatable bonds is 14. The summed E-state index contributed by atoms with van der Waals surface area (Å²) in [7, 11) is -5.00. The molecule has 3 saturated heterocycles. The van der Waals surface area contributed by atoms with Gasteiger partial charge in [-0.05, 0) is 25.7 Å². The van der Waals surface area contributed by atoms with Crippen molar-refractivity contribution < 1.29 is 71.3 Å². The summed E-state index contributed by atoms with van der Waals surface area (Å²) in [4.78, 5) is 63.4. The van der Waals surface area contributed by atoms with Crippen LogP contribution >= 0.6 is 11.8 Å². The minimum absolute atomic E-state index is 0. The molecule has 3 heterocycles. The number of imide groups is 1. The Hall–Kier alpha value is -1.19. The normalized spacial score (nSPS) is 25.2. The zero-order chi connectivity index (χ0) is 25.6. The summed E-state index contributed by atoms with van der Waals surface area (Å²) in [5.74, 6) is -2.13. The van der Waals surface area contributed by atoms with Crippen LogP contribution in [-0.4, -0.2) is 76.0 Å². The van der Waals surface area contributed by atoms with E-state index in [0.717, 1.165) is 31.4 Å². The molecule has 36 heavy (non-hydrogen) atoms. The first kappa shape index (κ1) is 31.0. The summed E-state index contributed by atoms with van der Waals surface area (Å²) in [6.07, 6.45) is 5.29. The molecule has 3 rings (SSSR count). The maximum Gasteiger partial charge on any atom is 1.00 e. The second-order valence-corrected chi connectivity index (χ2v) is 11.8. The van der Waals surface area contributed by atoms with Crippen molar-refractivity contribution in [2.75, 3.05) is 5.75 Å². The van der Waals surface area contributed by atoms with E-state index < -0.39 is 39.6 Å². The van der Waals surface area contributed by atoms with Crippen LogP contribution in [-0.2, 0) is 34.1 Å². The summed E-state index contributed by atoms with van der Waals surface area (Å²) < 4.78 is 32.9. The maximum atomic E-state index is 12.1. The Bertz CT molecular complexity index is 962. The topological polar surface area (TPSA) is 179 Å². The SMILES string of the molecule is O=C(CCCCCCC(=O)ON1C(=O)CC(S(=O)(=O)[O-])C1=O)CCCCC1SCC2NC(=O)NC21.[Na+]. The van der Waals surface area contributed by atoms with E-state index in [1.165, 1.54) is 0 Å². The van der Waals surface area contributed by atoms with Crippen LogP contribution in [0.25, 0.3) is 0 Å². The molecule has 12 nitrogen and oxygen atoms in total. The minimum atomic E-state index is -5.00. The minimum Gasteiger partial charge on any atom is -0.747 e. The monoisotopic (exact) mass is 555 g/mol. The average Bonchev–Trinajstić information content (AvgIpc) is 3.41. The fraction of sp³-hybridized carbons (Fsp3) is 0.762. The average molecular weight is 556 g/mol. The van der Waals surface area contributed by atoms with Crippen LogP contribution < -0.4 is 40.2 Å². The van der Waals surface area contributed by atoms with Crippen molar-refractivity contribution in [2.24, 2.45) is 0 Å². The molecular weight excluding hydrogens is 525 g/mol. The molecule has 0 bridgehead atoms. The van der Waals surface area contributed by atoms with E-state index in [1.54, 1.807) is 0 Å². The fourth-order valence-corrected chi connectivity index (χ4v) is 6.67. The van der Waals surface area contributed by atoms with E-state index in [9.17, 15) is 36.9 Å². The van der Waals surface area contributed by atoms with E-state index in [4.69, 9.17) is 0 Å². The largest absolute Gasteiger partial charge is 1.00 e. The Labute approximate surface area is 236 Å². The van der Waals surface area contributed by atoms with Gasteiger partial charge in [0.25, 0.3) is 11.8 Å². The van der Waals surface area contributed by atoms with Crippen LogP contribution in [0.15, 0.2) is 0 Å². The molecule has 15 heteroatoms. The smallest absolute Gasteiger partial charge is 0.747 e. The quantitative estimate of drug-likeness (QED) is 0.0782. The first-order valence-corrected chi connectivity index (χ1v) is 14.3. The number of nitrogens with zero attached hydrogens (tertiary/aromatic N) is 1. The van der Waals surface area contributed by atoms with Gasteiger partial charge < -0.3 is 20.0 Å². The molecule has 0 aromatic heterocycles. The Kier molecular flexibility index (Phi) is 12.2. The molecule has 4 atom stereocenters. The van der Waals surface area contributed by atoms with Gasteiger partial charge in [0.05, 0.1) is 18.5 Å². The van der Waals surface area contributed by atoms with Gasteiger partial charge in [0.15, 0.2) is 0 Å². The standard InChI is InChI=1S/C21H31N3O9S2.Na/c25-13(8-5-6-9-15-19-14(12-34-15)22-21(29)23-19)7-3-1-2-4-10-18(27)33-24-17(26)11-16(20(24)28)35(30,31)32;/h14-16,19H,1-12H2,(H2,22,23,29)(H,30,31,32);/q;+1/p-1. The predicted molar refractivity (Wildman–Crippen MR) is 123 cm³/mol. The molecule has 4 amide bonds. The number of unbranched alkanes of at least 4 members (excludes halogenated alkanes) is 4. The van der Waals surface area contributed by atoms with Crippen molar-refractivity contribution in [1.29, 1.82) is 0 Å². The van der Waals surface area contributed by atoms with Gasteiger partial charge in [0.1, 0.15) is 21.2 Å². The van der Waals surface area contributed by atoms with Crippen LogP contribution in [0, 0.1) is 0 Å². The van der Waals surface area contributed by atoms with Gasteiger partial charge in [-0.3, -0.25) is 14.4 Å². The number of amides is 4. The third kappa shape index (κ3) is 8.69. The predicted octanol–water partition coefficient (Wildman–Crippen LogP) is -2.24. The number of hydroxylamine groups is 2. The number of nitrogens with one attached hydrogen (secondary N) is 2. The Morgan fingerprint density at radius 2 is 1.64 bits per heavy atom. The van der Waals surface area contributed by atoms with Crippen LogP contribution in [0.1, 0.15) is 70.6 Å². The van der Waals surface area contributed by atoms with E-state index in [2.05, 4.69) is 15.5 Å². The third-order valence-corrected chi connectivity index (χ3v) is 8.90. The number of Topliss-reactive ketones (excluding diaryl/α,β-unsaturated/α-hetero) is 1. The molecule has 0 aliphatic carbocycles. The van der Waals surface area contributed by atoms with Gasteiger partial charge in [0.2, 0.25) is 0 Å². The molecule has 0 aromatic rings. The Morgan fingerprint density at radius 3 is 2.28 bits per heavy atom. The van der Waals surface area contributed by atoms with Crippen molar-refractivity contribution in [3.8, 4) is 0 Å². The molecule has 3 aliphatic heterocycles. The van der Waals surface area contributed by atoms with Crippen LogP contribution in [0.5, 0.6) is 0 Å². The van der Waals surface area contributed by atoms with E-state index in [0.29, 0.717) is 37.4 Å². The first-order valence-electron chi connectivity index (χ1n) is 11.8. The summed E-state index contributed by atoms with van der Waals surface area (Å²) in [6.45, 7) is 0. The molecule has 0 saturated carbocycles. The number of carbonyl (C=O) groups excluding carboxylic acids is 5. The summed E-state index contributed by atoms with van der Waals surface area (Å²) in [5, 5.41) is 4.28. The number of fused-ring (bicyclic) bond motifs is 1. The second-order valence-electron chi connectivity index (χ2n) is 9.00. The van der Waals surface area contributed by atoms with Crippen molar-refractivity contribution in [2.45, 2.75) is 93.2 Å². The molecular formula is C21H30N3NaO9S2. The van der Waals surface area contributed by atoms with Crippen molar-refractivity contribution in [3.05, 3.63) is 0 Å². The summed E-state index contributed by atoms with van der Waals surface area (Å²) >= 11 is 1.86. The van der Waals surface area contributed by atoms with Gasteiger partial charge in [-0.1, -0.05) is 19.3 Å². The molecule has 0 radical (unpaired) electrons. The number of urea groups is 1. The van der Waals surface area contributed by atoms with Crippen molar-refractivity contribution in [3.63, 3.8) is 0 Å². The Morgan fingerprint density at radius 1 is 1.00 bits per heavy atom. The maximum absolute atomic E-state index is 12.1. The number of thioether (sulfide) groups is 1. The number of hydrogen-bond donors (Lipinski definition) is 2. The molecule has 2 N–H and O–H groups in total. The molecule has 0 aromatic carbocycles. The molecule has 3 aliphatic rings. The zero-order valence-electron chi connectivity index (χ0n) is 20.2. The number of ketones is 1. The summed E-state index contributed by atoms with van der Waals surface area (Å²) in [6, 6.07) is 0.296. The van der Waals surface area contributed by atoms with Gasteiger partial charge in [-0.25, -0.2) is 18.0 Å². The Balaban J connectivity index is 0.00000456. The molecule has 196 valence electrons. The first-order chi connectivity index (χ1) is 16.6. The number of hydrogen-bond acceptors (Lipinski definition) is 10. The van der Waals surface area contributed by atoms with Crippen LogP contribution in [0.4, 0.5) is 4.79 Å². The van der Waals surface area contributed by atoms with Crippen molar-refractivity contribution in [1.82, 2.24) is 15.7 Å². The van der Waals surface area contributed by atoms with Gasteiger partial charge >= 0.3 is 41.6 Å². The van der Waals surface area contributed by atoms with Gasteiger partial charge in [-0.15, -0.1) is 5.06 Å². The van der Waals surface area contributed by atoms with E-state index in [-0.39, 0.29) is 64.9 Å². The van der Waals surface area contributed by atoms with Crippen LogP contribution in [0.3, 0.4) is 0 Å². The van der Waals surface area contributed by atoms with Gasteiger partial charge in [-0.2, -0.15) is 11.8 Å². The fourth-order valence-electron chi connectivity index (χ4n) is 4.43. The van der Waals surface area contributed by atoms with E-state index in [1.807, 2.05) is 11.8 Å². The second kappa shape index (κ2) is 14.1. The molecule has 3 fully saturated rings. The third-order valence-electron chi connectivity index (χ3n) is 6.32. The summed E-state index contributed by atoms with van der Waals surface area (Å²) in [5.41, 5.74) is 0. The van der Waals surface area contributed by atoms with Crippen molar-refractivity contribution >= 4 is 51.5 Å². The van der Waals surface area contributed by atoms with E-state index >= 15 is 0 Å². The van der Waals surface area contributed by atoms with Gasteiger partial charge in [0, 0.05) is 30.3 Å². The molecule has 0 spiro atoms. The molecule has 4 unspecified atom stereocenters. The van der Waals surface area contributed by atoms with Crippen LogP contribution in [0.2, 0.25) is 0 Å².